The fourth-order valence-corrected chi connectivity index (χ4v) is 1.28. The van der Waals surface area contributed by atoms with Gasteiger partial charge in [-0.15, -0.1) is 5.10 Å². The highest BCUT2D eigenvalue weighted by Crippen LogP contribution is 2.12. The molecule has 0 aliphatic heterocycles. The van der Waals surface area contributed by atoms with E-state index in [0.717, 1.165) is 11.3 Å². The van der Waals surface area contributed by atoms with Crippen LogP contribution in [0.25, 0.3) is 5.69 Å². The van der Waals surface area contributed by atoms with Crippen LogP contribution in [-0.2, 0) is 4.74 Å². The minimum atomic E-state index is -0.466. The molecule has 0 bridgehead atoms. The van der Waals surface area contributed by atoms with Gasteiger partial charge < -0.3 is 4.74 Å². The lowest BCUT2D eigenvalue weighted by molar-refractivity contribution is 0.0594. The lowest BCUT2D eigenvalue weighted by atomic mass is 10.2. The Hall–Kier alpha value is -2.31. The van der Waals surface area contributed by atoms with Gasteiger partial charge in [-0.2, -0.15) is 4.68 Å². The average Bonchev–Trinajstić information content (AvgIpc) is 2.81. The molecule has 0 aliphatic carbocycles. The molecule has 2 heterocycles. The maximum Gasteiger partial charge on any atom is 0.356 e. The normalized spacial score (nSPS) is 10.1. The molecule has 0 aliphatic rings. The molecule has 7 nitrogen and oxygen atoms in total. The minimum Gasteiger partial charge on any atom is -0.464 e. The highest BCUT2D eigenvalue weighted by atomic mass is 16.5. The van der Waals surface area contributed by atoms with Crippen LogP contribution in [0, 0.1) is 6.92 Å². The van der Waals surface area contributed by atoms with Gasteiger partial charge >= 0.3 is 5.97 Å². The van der Waals surface area contributed by atoms with E-state index in [0.29, 0.717) is 0 Å². The van der Waals surface area contributed by atoms with Crippen LogP contribution >= 0.6 is 0 Å². The van der Waals surface area contributed by atoms with Crippen molar-refractivity contribution in [1.29, 1.82) is 0 Å². The molecule has 0 N–H and O–H groups in total. The first-order valence-corrected chi connectivity index (χ1v) is 4.50. The molecule has 0 fully saturated rings. The van der Waals surface area contributed by atoms with Gasteiger partial charge in [0.25, 0.3) is 0 Å². The second-order valence-corrected chi connectivity index (χ2v) is 3.10. The van der Waals surface area contributed by atoms with Crippen molar-refractivity contribution in [3.63, 3.8) is 0 Å². The van der Waals surface area contributed by atoms with Crippen LogP contribution in [-0.4, -0.2) is 38.3 Å². The molecule has 0 aromatic carbocycles. The number of aryl methyl sites for hydroxylation is 1. The molecule has 0 spiro atoms. The van der Waals surface area contributed by atoms with E-state index in [1.54, 1.807) is 6.07 Å². The molecule has 0 amide bonds. The Morgan fingerprint density at radius 3 is 2.88 bits per heavy atom. The van der Waals surface area contributed by atoms with E-state index in [4.69, 9.17) is 0 Å². The summed E-state index contributed by atoms with van der Waals surface area (Å²) in [5.74, 6) is -0.466. The van der Waals surface area contributed by atoms with Crippen LogP contribution in [0.1, 0.15) is 16.1 Å². The second kappa shape index (κ2) is 4.05. The largest absolute Gasteiger partial charge is 0.464 e. The predicted molar refractivity (Wildman–Crippen MR) is 53.0 cm³/mol. The molecule has 0 unspecified atom stereocenters. The molecule has 16 heavy (non-hydrogen) atoms. The molecule has 2 aromatic rings. The first kappa shape index (κ1) is 10.2. The van der Waals surface area contributed by atoms with Gasteiger partial charge in [0, 0.05) is 0 Å². The Labute approximate surface area is 91.1 Å². The van der Waals surface area contributed by atoms with Crippen LogP contribution in [0.4, 0.5) is 0 Å². The Morgan fingerprint density at radius 2 is 2.31 bits per heavy atom. The summed E-state index contributed by atoms with van der Waals surface area (Å²) in [6.07, 6.45) is 2.99. The zero-order valence-electron chi connectivity index (χ0n) is 8.78. The summed E-state index contributed by atoms with van der Waals surface area (Å²) in [7, 11) is 1.31. The first-order valence-electron chi connectivity index (χ1n) is 4.50. The summed E-state index contributed by atoms with van der Waals surface area (Å²) in [4.78, 5) is 15.2. The van der Waals surface area contributed by atoms with E-state index in [-0.39, 0.29) is 5.69 Å². The van der Waals surface area contributed by atoms with Gasteiger partial charge in [-0.25, -0.2) is 9.78 Å². The zero-order valence-corrected chi connectivity index (χ0v) is 8.78. The minimum absolute atomic E-state index is 0.261. The van der Waals surface area contributed by atoms with E-state index in [2.05, 4.69) is 25.2 Å². The van der Waals surface area contributed by atoms with Crippen molar-refractivity contribution in [2.75, 3.05) is 7.11 Å². The van der Waals surface area contributed by atoms with Gasteiger partial charge in [-0.3, -0.25) is 0 Å². The van der Waals surface area contributed by atoms with Crippen molar-refractivity contribution in [2.24, 2.45) is 0 Å². The van der Waals surface area contributed by atoms with E-state index < -0.39 is 5.97 Å². The zero-order chi connectivity index (χ0) is 11.5. The summed E-state index contributed by atoms with van der Waals surface area (Å²) in [6.45, 7) is 1.84. The van der Waals surface area contributed by atoms with Crippen LogP contribution in [0.5, 0.6) is 0 Å². The maximum absolute atomic E-state index is 11.2. The SMILES string of the molecule is COC(=O)c1cc(C)c(-n2cnnn2)cn1. The molecular weight excluding hydrogens is 210 g/mol. The molecule has 0 radical (unpaired) electrons. The highest BCUT2D eigenvalue weighted by Gasteiger charge is 2.10. The number of hydrogen-bond donors (Lipinski definition) is 0. The number of ether oxygens (including phenoxy) is 1. The van der Waals surface area contributed by atoms with Gasteiger partial charge in [0.15, 0.2) is 0 Å². The molecule has 0 saturated carbocycles. The van der Waals surface area contributed by atoms with Crippen LogP contribution < -0.4 is 0 Å². The molecule has 82 valence electrons. The van der Waals surface area contributed by atoms with Gasteiger partial charge in [0.05, 0.1) is 19.0 Å². The molecule has 0 saturated heterocycles. The molecular formula is C9H9N5O2. The molecule has 2 aromatic heterocycles. The van der Waals surface area contributed by atoms with Crippen LogP contribution in [0.2, 0.25) is 0 Å². The van der Waals surface area contributed by atoms with Gasteiger partial charge in [-0.1, -0.05) is 0 Å². The number of nitrogens with zero attached hydrogens (tertiary/aromatic N) is 5. The number of carbonyl (C=O) groups excluding carboxylic acids is 1. The van der Waals surface area contributed by atoms with E-state index in [1.165, 1.54) is 24.3 Å². The Kier molecular flexibility index (Phi) is 2.59. The highest BCUT2D eigenvalue weighted by molar-refractivity contribution is 5.87. The molecule has 2 rings (SSSR count). The number of aromatic nitrogens is 5. The Morgan fingerprint density at radius 1 is 1.50 bits per heavy atom. The van der Waals surface area contributed by atoms with Crippen molar-refractivity contribution in [3.8, 4) is 5.69 Å². The number of esters is 1. The lowest BCUT2D eigenvalue weighted by Crippen LogP contribution is -2.07. The fraction of sp³-hybridized carbons (Fsp3) is 0.222. The number of pyridine rings is 1. The summed E-state index contributed by atoms with van der Waals surface area (Å²) in [6, 6.07) is 1.63. The summed E-state index contributed by atoms with van der Waals surface area (Å²) in [5, 5.41) is 10.8. The van der Waals surface area contributed by atoms with Gasteiger partial charge in [0.2, 0.25) is 0 Å². The number of rotatable bonds is 2. The van der Waals surface area contributed by atoms with Crippen molar-refractivity contribution < 1.29 is 9.53 Å². The van der Waals surface area contributed by atoms with Crippen molar-refractivity contribution in [3.05, 3.63) is 29.8 Å². The standard InChI is InChI=1S/C9H9N5O2/c1-6-3-7(9(15)16-2)10-4-8(6)14-5-11-12-13-14/h3-5H,1-2H3. The van der Waals surface area contributed by atoms with E-state index in [9.17, 15) is 4.79 Å². The quantitative estimate of drug-likeness (QED) is 0.669. The van der Waals surface area contributed by atoms with Crippen molar-refractivity contribution in [1.82, 2.24) is 25.2 Å². The summed E-state index contributed by atoms with van der Waals surface area (Å²) >= 11 is 0. The second-order valence-electron chi connectivity index (χ2n) is 3.10. The fourth-order valence-electron chi connectivity index (χ4n) is 1.28. The predicted octanol–water partition coefficient (Wildman–Crippen LogP) is 0.152. The maximum atomic E-state index is 11.2. The smallest absolute Gasteiger partial charge is 0.356 e. The number of methoxy groups -OCH3 is 1. The third kappa shape index (κ3) is 1.74. The number of hydrogen-bond acceptors (Lipinski definition) is 6. The van der Waals surface area contributed by atoms with Gasteiger partial charge in [-0.05, 0) is 29.0 Å². The van der Waals surface area contributed by atoms with Crippen molar-refractivity contribution >= 4 is 5.97 Å². The third-order valence-electron chi connectivity index (χ3n) is 2.07. The van der Waals surface area contributed by atoms with E-state index in [1.807, 2.05) is 6.92 Å². The third-order valence-corrected chi connectivity index (χ3v) is 2.07. The molecule has 7 heteroatoms. The summed E-state index contributed by atoms with van der Waals surface area (Å²) < 4.78 is 6.05. The monoisotopic (exact) mass is 219 g/mol. The van der Waals surface area contributed by atoms with E-state index >= 15 is 0 Å². The van der Waals surface area contributed by atoms with Gasteiger partial charge in [0.1, 0.15) is 12.0 Å². The Balaban J connectivity index is 2.41. The Bertz CT molecular complexity index is 509. The average molecular weight is 219 g/mol. The number of tetrazole rings is 1. The number of carbonyl (C=O) groups is 1. The van der Waals surface area contributed by atoms with Crippen molar-refractivity contribution in [2.45, 2.75) is 6.92 Å². The first-order chi connectivity index (χ1) is 7.72. The van der Waals surface area contributed by atoms with Crippen LogP contribution in [0.15, 0.2) is 18.6 Å². The van der Waals surface area contributed by atoms with Crippen LogP contribution in [0.3, 0.4) is 0 Å². The lowest BCUT2D eigenvalue weighted by Gasteiger charge is -2.05. The summed E-state index contributed by atoms with van der Waals surface area (Å²) in [5.41, 5.74) is 1.82. The molecule has 0 atom stereocenters. The topological polar surface area (TPSA) is 82.8 Å².